The first-order chi connectivity index (χ1) is 8.45. The van der Waals surface area contributed by atoms with E-state index in [1.54, 1.807) is 0 Å². The minimum Gasteiger partial charge on any atom is -0.396 e. The standard InChI is InChI=1S/C12H16BrFN2O2/c1-7(2-3-17)6-16-12(18)8-4-11(15)10(14)5-9(8)13/h4-5,7,17H,2-3,6,15H2,1H3,(H,16,18). The fourth-order valence-electron chi connectivity index (χ4n) is 1.42. The molecule has 4 N–H and O–H groups in total. The highest BCUT2D eigenvalue weighted by atomic mass is 79.9. The molecule has 0 aromatic heterocycles. The zero-order valence-corrected chi connectivity index (χ0v) is 11.6. The fraction of sp³-hybridized carbons (Fsp3) is 0.417. The van der Waals surface area contributed by atoms with Crippen molar-refractivity contribution in [2.75, 3.05) is 18.9 Å². The number of amides is 1. The van der Waals surface area contributed by atoms with Gasteiger partial charge in [0.25, 0.3) is 5.91 Å². The Bertz CT molecular complexity index is 440. The van der Waals surface area contributed by atoms with Crippen LogP contribution in [-0.2, 0) is 0 Å². The summed E-state index contributed by atoms with van der Waals surface area (Å²) in [6, 6.07) is 2.47. The summed E-state index contributed by atoms with van der Waals surface area (Å²) in [5, 5.41) is 11.5. The van der Waals surface area contributed by atoms with Gasteiger partial charge in [0, 0.05) is 17.6 Å². The number of nitrogens with one attached hydrogen (secondary N) is 1. The summed E-state index contributed by atoms with van der Waals surface area (Å²) < 4.78 is 13.5. The minimum atomic E-state index is -0.563. The lowest BCUT2D eigenvalue weighted by atomic mass is 10.1. The SMILES string of the molecule is CC(CCO)CNC(=O)c1cc(N)c(F)cc1Br. The van der Waals surface area contributed by atoms with Crippen LogP contribution in [0.1, 0.15) is 23.7 Å². The molecule has 1 aromatic carbocycles. The van der Waals surface area contributed by atoms with E-state index in [0.717, 1.165) is 0 Å². The maximum atomic E-state index is 13.1. The van der Waals surface area contributed by atoms with Crippen molar-refractivity contribution >= 4 is 27.5 Å². The van der Waals surface area contributed by atoms with Gasteiger partial charge < -0.3 is 16.2 Å². The molecule has 0 heterocycles. The number of hydrogen-bond acceptors (Lipinski definition) is 3. The van der Waals surface area contributed by atoms with Crippen LogP contribution in [0, 0.1) is 11.7 Å². The minimum absolute atomic E-state index is 0.0632. The number of hydrogen-bond donors (Lipinski definition) is 3. The van der Waals surface area contributed by atoms with E-state index in [-0.39, 0.29) is 24.1 Å². The number of anilines is 1. The molecule has 0 radical (unpaired) electrons. The maximum Gasteiger partial charge on any atom is 0.252 e. The van der Waals surface area contributed by atoms with Crippen LogP contribution in [0.25, 0.3) is 0 Å². The third-order valence-corrected chi connectivity index (χ3v) is 3.22. The summed E-state index contributed by atoms with van der Waals surface area (Å²) in [4.78, 5) is 11.9. The van der Waals surface area contributed by atoms with Gasteiger partial charge in [-0.2, -0.15) is 0 Å². The second-order valence-corrected chi connectivity index (χ2v) is 5.04. The number of aliphatic hydroxyl groups is 1. The molecule has 0 bridgehead atoms. The molecule has 0 aliphatic rings. The maximum absolute atomic E-state index is 13.1. The van der Waals surface area contributed by atoms with Crippen molar-refractivity contribution in [2.45, 2.75) is 13.3 Å². The third kappa shape index (κ3) is 3.96. The van der Waals surface area contributed by atoms with E-state index in [4.69, 9.17) is 10.8 Å². The van der Waals surface area contributed by atoms with Gasteiger partial charge in [-0.1, -0.05) is 6.92 Å². The first-order valence-electron chi connectivity index (χ1n) is 5.59. The van der Waals surface area contributed by atoms with Crippen LogP contribution in [0.4, 0.5) is 10.1 Å². The first kappa shape index (κ1) is 14.9. The number of carbonyl (C=O) groups is 1. The Labute approximate surface area is 113 Å². The number of benzene rings is 1. The number of rotatable bonds is 5. The molecule has 1 aromatic rings. The molecule has 1 unspecified atom stereocenters. The van der Waals surface area contributed by atoms with E-state index in [1.807, 2.05) is 6.92 Å². The molecule has 1 rings (SSSR count). The molecule has 6 heteroatoms. The number of halogens is 2. The van der Waals surface area contributed by atoms with Crippen molar-refractivity contribution in [1.82, 2.24) is 5.32 Å². The quantitative estimate of drug-likeness (QED) is 0.726. The average molecular weight is 319 g/mol. The van der Waals surface area contributed by atoms with Gasteiger partial charge in [0.15, 0.2) is 0 Å². The lowest BCUT2D eigenvalue weighted by Crippen LogP contribution is -2.29. The van der Waals surface area contributed by atoms with Crippen LogP contribution in [-0.4, -0.2) is 24.2 Å². The predicted molar refractivity (Wildman–Crippen MR) is 71.7 cm³/mol. The monoisotopic (exact) mass is 318 g/mol. The molecular weight excluding hydrogens is 303 g/mol. The van der Waals surface area contributed by atoms with Gasteiger partial charge >= 0.3 is 0 Å². The second kappa shape index (κ2) is 6.70. The van der Waals surface area contributed by atoms with Crippen molar-refractivity contribution < 1.29 is 14.3 Å². The molecule has 0 aliphatic carbocycles. The number of aliphatic hydroxyl groups excluding tert-OH is 1. The topological polar surface area (TPSA) is 75.3 Å². The smallest absolute Gasteiger partial charge is 0.252 e. The van der Waals surface area contributed by atoms with Crippen molar-refractivity contribution in [1.29, 1.82) is 0 Å². The molecule has 18 heavy (non-hydrogen) atoms. The summed E-state index contributed by atoms with van der Waals surface area (Å²) in [6.45, 7) is 2.46. The van der Waals surface area contributed by atoms with Gasteiger partial charge in [0.1, 0.15) is 5.82 Å². The number of carbonyl (C=O) groups excluding carboxylic acids is 1. The van der Waals surface area contributed by atoms with Gasteiger partial charge in [-0.25, -0.2) is 4.39 Å². The largest absolute Gasteiger partial charge is 0.396 e. The zero-order chi connectivity index (χ0) is 13.7. The van der Waals surface area contributed by atoms with Gasteiger partial charge in [0.2, 0.25) is 0 Å². The summed E-state index contributed by atoms with van der Waals surface area (Å²) in [5.74, 6) is -0.707. The Hall–Kier alpha value is -1.14. The Morgan fingerprint density at radius 1 is 1.61 bits per heavy atom. The van der Waals surface area contributed by atoms with Crippen molar-refractivity contribution in [3.8, 4) is 0 Å². The van der Waals surface area contributed by atoms with Crippen molar-refractivity contribution in [2.24, 2.45) is 5.92 Å². The normalized spacial score (nSPS) is 12.2. The second-order valence-electron chi connectivity index (χ2n) is 4.18. The lowest BCUT2D eigenvalue weighted by Gasteiger charge is -2.12. The number of nitrogens with two attached hydrogens (primary N) is 1. The molecule has 0 spiro atoms. The summed E-state index contributed by atoms with van der Waals surface area (Å²) in [7, 11) is 0. The van der Waals surface area contributed by atoms with Crippen LogP contribution in [0.15, 0.2) is 16.6 Å². The van der Waals surface area contributed by atoms with Gasteiger partial charge in [-0.15, -0.1) is 0 Å². The third-order valence-electron chi connectivity index (χ3n) is 2.56. The highest BCUT2D eigenvalue weighted by molar-refractivity contribution is 9.10. The van der Waals surface area contributed by atoms with Gasteiger partial charge in [0.05, 0.1) is 11.3 Å². The fourth-order valence-corrected chi connectivity index (χ4v) is 1.92. The molecule has 0 saturated heterocycles. The number of nitrogen functional groups attached to an aromatic ring is 1. The predicted octanol–water partition coefficient (Wildman–Crippen LogP) is 1.92. The van der Waals surface area contributed by atoms with E-state index >= 15 is 0 Å². The molecular formula is C12H16BrFN2O2. The van der Waals surface area contributed by atoms with Crippen molar-refractivity contribution in [3.05, 3.63) is 28.0 Å². The first-order valence-corrected chi connectivity index (χ1v) is 6.38. The summed E-state index contributed by atoms with van der Waals surface area (Å²) >= 11 is 3.12. The molecule has 0 saturated carbocycles. The van der Waals surface area contributed by atoms with E-state index < -0.39 is 5.82 Å². The van der Waals surface area contributed by atoms with Gasteiger partial charge in [-0.3, -0.25) is 4.79 Å². The molecule has 4 nitrogen and oxygen atoms in total. The highest BCUT2D eigenvalue weighted by Crippen LogP contribution is 2.22. The Balaban J connectivity index is 2.70. The Morgan fingerprint density at radius 3 is 2.89 bits per heavy atom. The van der Waals surface area contributed by atoms with Gasteiger partial charge in [-0.05, 0) is 40.4 Å². The van der Waals surface area contributed by atoms with Crippen LogP contribution in [0.3, 0.4) is 0 Å². The van der Waals surface area contributed by atoms with E-state index in [1.165, 1.54) is 12.1 Å². The molecule has 100 valence electrons. The van der Waals surface area contributed by atoms with E-state index in [9.17, 15) is 9.18 Å². The van der Waals surface area contributed by atoms with Crippen molar-refractivity contribution in [3.63, 3.8) is 0 Å². The van der Waals surface area contributed by atoms with Crippen LogP contribution in [0.5, 0.6) is 0 Å². The average Bonchev–Trinajstić information content (AvgIpc) is 2.31. The Kier molecular flexibility index (Phi) is 5.55. The van der Waals surface area contributed by atoms with Crippen LogP contribution in [0.2, 0.25) is 0 Å². The molecule has 1 atom stereocenters. The molecule has 1 amide bonds. The highest BCUT2D eigenvalue weighted by Gasteiger charge is 2.13. The summed E-state index contributed by atoms with van der Waals surface area (Å²) in [5.41, 5.74) is 5.66. The van der Waals surface area contributed by atoms with Crippen LogP contribution >= 0.6 is 15.9 Å². The van der Waals surface area contributed by atoms with E-state index in [0.29, 0.717) is 23.0 Å². The Morgan fingerprint density at radius 2 is 2.28 bits per heavy atom. The zero-order valence-electron chi connectivity index (χ0n) is 10.0. The van der Waals surface area contributed by atoms with E-state index in [2.05, 4.69) is 21.2 Å². The molecule has 0 fully saturated rings. The van der Waals surface area contributed by atoms with Crippen LogP contribution < -0.4 is 11.1 Å². The lowest BCUT2D eigenvalue weighted by molar-refractivity contribution is 0.0944. The summed E-state index contributed by atoms with van der Waals surface area (Å²) in [6.07, 6.45) is 0.618. The molecule has 0 aliphatic heterocycles.